The molecule has 1 fully saturated rings. The van der Waals surface area contributed by atoms with Crippen LogP contribution in [0.2, 0.25) is 0 Å². The highest BCUT2D eigenvalue weighted by atomic mass is 32.2. The summed E-state index contributed by atoms with van der Waals surface area (Å²) in [6.45, 7) is 10.3. The molecule has 234 valence electrons. The van der Waals surface area contributed by atoms with E-state index in [4.69, 9.17) is 9.97 Å². The molecule has 0 atom stereocenters. The molecule has 9 nitrogen and oxygen atoms in total. The summed E-state index contributed by atoms with van der Waals surface area (Å²) in [4.78, 5) is 22.0. The SMILES string of the molecule is CCc1c(Nc2cc(C)[nH]n2)nc(Sc2ccc(SCc3ccccc3N(C)C)cc2)nc1N1CCN(CCN(C)C)CC1. The summed E-state index contributed by atoms with van der Waals surface area (Å²) < 4.78 is 0. The van der Waals surface area contributed by atoms with Crippen LogP contribution in [0.5, 0.6) is 0 Å². The van der Waals surface area contributed by atoms with Crippen molar-refractivity contribution in [2.75, 3.05) is 82.6 Å². The third-order valence-electron chi connectivity index (χ3n) is 7.71. The van der Waals surface area contributed by atoms with Gasteiger partial charge in [0.2, 0.25) is 0 Å². The first kappa shape index (κ1) is 32.2. The van der Waals surface area contributed by atoms with Crippen molar-refractivity contribution in [3.63, 3.8) is 0 Å². The van der Waals surface area contributed by atoms with Crippen LogP contribution in [0, 0.1) is 6.92 Å². The Balaban J connectivity index is 1.34. The normalized spacial score (nSPS) is 13.9. The summed E-state index contributed by atoms with van der Waals surface area (Å²) in [5.41, 5.74) is 4.73. The minimum absolute atomic E-state index is 0.738. The number of hydrogen-bond acceptors (Lipinski definition) is 10. The van der Waals surface area contributed by atoms with Crippen molar-refractivity contribution in [3.05, 3.63) is 71.4 Å². The Morgan fingerprint density at radius 1 is 0.932 bits per heavy atom. The predicted molar refractivity (Wildman–Crippen MR) is 186 cm³/mol. The lowest BCUT2D eigenvalue weighted by atomic mass is 10.2. The number of thioether (sulfide) groups is 1. The zero-order valence-electron chi connectivity index (χ0n) is 26.8. The largest absolute Gasteiger partial charge is 0.377 e. The van der Waals surface area contributed by atoms with Crippen LogP contribution in [0.3, 0.4) is 0 Å². The Morgan fingerprint density at radius 3 is 2.32 bits per heavy atom. The van der Waals surface area contributed by atoms with Gasteiger partial charge >= 0.3 is 0 Å². The van der Waals surface area contributed by atoms with E-state index >= 15 is 0 Å². The first-order chi connectivity index (χ1) is 21.3. The van der Waals surface area contributed by atoms with Crippen molar-refractivity contribution in [2.24, 2.45) is 0 Å². The topological polar surface area (TPSA) is 79.4 Å². The average molecular weight is 632 g/mol. The quantitative estimate of drug-likeness (QED) is 0.135. The fraction of sp³-hybridized carbons (Fsp3) is 0.424. The lowest BCUT2D eigenvalue weighted by molar-refractivity contribution is 0.229. The maximum absolute atomic E-state index is 5.17. The van der Waals surface area contributed by atoms with Gasteiger partial charge in [-0.05, 0) is 75.1 Å². The summed E-state index contributed by atoms with van der Waals surface area (Å²) in [6.07, 6.45) is 0.829. The summed E-state index contributed by atoms with van der Waals surface area (Å²) in [5.74, 6) is 3.55. The van der Waals surface area contributed by atoms with Crippen LogP contribution >= 0.6 is 23.5 Å². The van der Waals surface area contributed by atoms with Gasteiger partial charge in [0.15, 0.2) is 11.0 Å². The van der Waals surface area contributed by atoms with E-state index in [0.29, 0.717) is 0 Å². The number of rotatable bonds is 13. The first-order valence-electron chi connectivity index (χ1n) is 15.3. The number of aromatic nitrogens is 4. The molecule has 1 saturated heterocycles. The predicted octanol–water partition coefficient (Wildman–Crippen LogP) is 6.01. The third-order valence-corrected chi connectivity index (χ3v) is 9.64. The van der Waals surface area contributed by atoms with Gasteiger partial charge in [-0.3, -0.25) is 10.00 Å². The smallest absolute Gasteiger partial charge is 0.196 e. The van der Waals surface area contributed by atoms with E-state index in [9.17, 15) is 0 Å². The van der Waals surface area contributed by atoms with Gasteiger partial charge in [0.1, 0.15) is 11.6 Å². The summed E-state index contributed by atoms with van der Waals surface area (Å²) >= 11 is 3.46. The molecule has 11 heteroatoms. The molecule has 2 aromatic carbocycles. The fourth-order valence-corrected chi connectivity index (χ4v) is 6.90. The van der Waals surface area contributed by atoms with Gasteiger partial charge in [-0.1, -0.05) is 25.1 Å². The molecule has 0 saturated carbocycles. The average Bonchev–Trinajstić information content (AvgIpc) is 3.44. The van der Waals surface area contributed by atoms with E-state index in [1.54, 1.807) is 11.8 Å². The number of likely N-dealkylation sites (N-methyl/N-ethyl adjacent to an activating group) is 1. The number of aromatic amines is 1. The van der Waals surface area contributed by atoms with E-state index in [1.807, 2.05) is 24.8 Å². The van der Waals surface area contributed by atoms with Crippen molar-refractivity contribution in [1.29, 1.82) is 0 Å². The van der Waals surface area contributed by atoms with E-state index < -0.39 is 0 Å². The number of piperazine rings is 1. The van der Waals surface area contributed by atoms with Crippen molar-refractivity contribution >= 4 is 46.7 Å². The Morgan fingerprint density at radius 2 is 1.66 bits per heavy atom. The molecule has 1 aliphatic heterocycles. The maximum atomic E-state index is 5.17. The molecule has 0 bridgehead atoms. The monoisotopic (exact) mass is 631 g/mol. The van der Waals surface area contributed by atoms with E-state index in [-0.39, 0.29) is 0 Å². The molecule has 3 heterocycles. The molecule has 0 radical (unpaired) electrons. The molecule has 2 aromatic heterocycles. The van der Waals surface area contributed by atoms with Crippen LogP contribution in [-0.4, -0.2) is 97.4 Å². The lowest BCUT2D eigenvalue weighted by Gasteiger charge is -2.37. The van der Waals surface area contributed by atoms with Gasteiger partial charge < -0.3 is 20.0 Å². The van der Waals surface area contributed by atoms with Crippen molar-refractivity contribution in [2.45, 2.75) is 41.0 Å². The van der Waals surface area contributed by atoms with Crippen molar-refractivity contribution in [1.82, 2.24) is 30.0 Å². The van der Waals surface area contributed by atoms with Gasteiger partial charge in [0, 0.05) is 91.9 Å². The minimum Gasteiger partial charge on any atom is -0.377 e. The number of benzene rings is 2. The zero-order valence-corrected chi connectivity index (χ0v) is 28.4. The molecule has 0 aliphatic carbocycles. The zero-order chi connectivity index (χ0) is 31.1. The number of anilines is 4. The second-order valence-electron chi connectivity index (χ2n) is 11.6. The minimum atomic E-state index is 0.738. The summed E-state index contributed by atoms with van der Waals surface area (Å²) in [7, 11) is 8.47. The maximum Gasteiger partial charge on any atom is 0.196 e. The third kappa shape index (κ3) is 8.47. The van der Waals surface area contributed by atoms with E-state index in [1.165, 1.54) is 16.1 Å². The second-order valence-corrected chi connectivity index (χ2v) is 13.7. The van der Waals surface area contributed by atoms with Gasteiger partial charge in [0.25, 0.3) is 0 Å². The molecule has 0 amide bonds. The molecule has 44 heavy (non-hydrogen) atoms. The highest BCUT2D eigenvalue weighted by Crippen LogP contribution is 2.35. The molecular weight excluding hydrogens is 587 g/mol. The van der Waals surface area contributed by atoms with E-state index in [2.05, 4.69) is 119 Å². The Labute approximate surface area is 270 Å². The summed E-state index contributed by atoms with van der Waals surface area (Å²) in [6, 6.07) is 19.4. The van der Waals surface area contributed by atoms with Gasteiger partial charge in [0.05, 0.1) is 0 Å². The summed E-state index contributed by atoms with van der Waals surface area (Å²) in [5, 5.41) is 11.7. The number of hydrogen-bond donors (Lipinski definition) is 2. The van der Waals surface area contributed by atoms with Crippen LogP contribution < -0.4 is 15.1 Å². The van der Waals surface area contributed by atoms with Crippen LogP contribution in [0.1, 0.15) is 23.7 Å². The lowest BCUT2D eigenvalue weighted by Crippen LogP contribution is -2.48. The molecule has 0 spiro atoms. The van der Waals surface area contributed by atoms with Crippen molar-refractivity contribution < 1.29 is 0 Å². The highest BCUT2D eigenvalue weighted by Gasteiger charge is 2.24. The Hall–Kier alpha value is -3.25. The molecule has 0 unspecified atom stereocenters. The fourth-order valence-electron chi connectivity index (χ4n) is 5.26. The van der Waals surface area contributed by atoms with Crippen LogP contribution in [0.25, 0.3) is 0 Å². The number of nitrogens with one attached hydrogen (secondary N) is 2. The number of H-pyrrole nitrogens is 1. The van der Waals surface area contributed by atoms with Crippen molar-refractivity contribution in [3.8, 4) is 0 Å². The van der Waals surface area contributed by atoms with Crippen LogP contribution in [-0.2, 0) is 12.2 Å². The standard InChI is InChI=1S/C33H45N9S2/c1-7-28-31(34-30-22-24(2)37-38-30)35-33(36-32(28)42-20-18-41(19-21-42)17-16-39(3)4)44-27-14-12-26(13-15-27)43-23-25-10-8-9-11-29(25)40(5)6/h8-15,22H,7,16-21,23H2,1-6H3,(H2,34,35,36,37,38). The Bertz CT molecular complexity index is 1500. The first-order valence-corrected chi connectivity index (χ1v) is 17.1. The van der Waals surface area contributed by atoms with E-state index in [0.717, 1.165) is 90.2 Å². The molecule has 4 aromatic rings. The number of para-hydroxylation sites is 1. The van der Waals surface area contributed by atoms with Crippen LogP contribution in [0.15, 0.2) is 69.5 Å². The second kappa shape index (κ2) is 15.2. The van der Waals surface area contributed by atoms with Gasteiger partial charge in [-0.2, -0.15) is 5.10 Å². The molecule has 5 rings (SSSR count). The molecular formula is C33H45N9S2. The molecule has 2 N–H and O–H groups in total. The highest BCUT2D eigenvalue weighted by molar-refractivity contribution is 7.99. The van der Waals surface area contributed by atoms with Gasteiger partial charge in [-0.15, -0.1) is 11.8 Å². The Kier molecular flexibility index (Phi) is 11.1. The van der Waals surface area contributed by atoms with Gasteiger partial charge in [-0.25, -0.2) is 9.97 Å². The molecule has 1 aliphatic rings. The number of aryl methyl sites for hydroxylation is 1. The van der Waals surface area contributed by atoms with Crippen LogP contribution in [0.4, 0.5) is 23.1 Å². The number of nitrogens with zero attached hydrogens (tertiary/aromatic N) is 7.